The van der Waals surface area contributed by atoms with Gasteiger partial charge in [-0.3, -0.25) is 4.79 Å². The summed E-state index contributed by atoms with van der Waals surface area (Å²) >= 11 is 1.75. The Kier molecular flexibility index (Phi) is 4.11. The monoisotopic (exact) mass is 341 g/mol. The van der Waals surface area contributed by atoms with Gasteiger partial charge in [-0.1, -0.05) is 55.9 Å². The summed E-state index contributed by atoms with van der Waals surface area (Å²) in [5, 5.41) is 1.18. The van der Waals surface area contributed by atoms with Crippen LogP contribution in [0.25, 0.3) is 0 Å². The van der Waals surface area contributed by atoms with Crippen LogP contribution in [0.5, 0.6) is 0 Å². The number of fused-ring (bicyclic) bond motifs is 3. The highest BCUT2D eigenvalue weighted by Gasteiger charge is 2.50. The number of carbonyl (C=O) groups excluding carboxylic acids is 1. The minimum Gasteiger partial charge on any atom is -0.271 e. The second-order valence-corrected chi connectivity index (χ2v) is 9.66. The van der Waals surface area contributed by atoms with Crippen LogP contribution in [-0.2, 0) is 10.2 Å². The molecule has 3 aliphatic carbocycles. The minimum absolute atomic E-state index is 0.0620. The third-order valence-electron chi connectivity index (χ3n) is 6.66. The lowest BCUT2D eigenvalue weighted by Crippen LogP contribution is -2.44. The fourth-order valence-electron chi connectivity index (χ4n) is 4.99. The molecule has 0 radical (unpaired) electrons. The van der Waals surface area contributed by atoms with E-state index in [0.29, 0.717) is 16.7 Å². The molecule has 1 heterocycles. The Morgan fingerprint density at radius 1 is 1.08 bits per heavy atom. The predicted octanol–water partition coefficient (Wildman–Crippen LogP) is 5.37. The van der Waals surface area contributed by atoms with Gasteiger partial charge in [0.2, 0.25) is 0 Å². The number of nitrogens with zero attached hydrogens (tertiary/aromatic N) is 1. The maximum atomic E-state index is 12.1. The van der Waals surface area contributed by atoms with Crippen molar-refractivity contribution in [1.82, 2.24) is 0 Å². The Bertz CT molecular complexity index is 639. The second-order valence-electron chi connectivity index (χ2n) is 8.45. The highest BCUT2D eigenvalue weighted by Crippen LogP contribution is 2.59. The van der Waals surface area contributed by atoms with Crippen LogP contribution in [0.2, 0.25) is 0 Å². The van der Waals surface area contributed by atoms with Crippen LogP contribution in [-0.4, -0.2) is 16.2 Å². The number of amides is 1. The van der Waals surface area contributed by atoms with Gasteiger partial charge in [-0.25, -0.2) is 4.99 Å². The number of rotatable bonds is 4. The Hall–Kier alpha value is -1.09. The molecule has 3 saturated carbocycles. The summed E-state index contributed by atoms with van der Waals surface area (Å²) in [4.78, 5) is 16.5. The molecule has 3 fully saturated rings. The van der Waals surface area contributed by atoms with E-state index in [2.05, 4.69) is 49.2 Å². The topological polar surface area (TPSA) is 29.4 Å². The van der Waals surface area contributed by atoms with Crippen molar-refractivity contribution in [2.75, 3.05) is 0 Å². The molecule has 2 bridgehead atoms. The summed E-state index contributed by atoms with van der Waals surface area (Å²) in [5.74, 6) is 0.483. The van der Waals surface area contributed by atoms with Crippen molar-refractivity contribution in [3.05, 3.63) is 35.9 Å². The van der Waals surface area contributed by atoms with E-state index >= 15 is 0 Å². The van der Waals surface area contributed by atoms with E-state index in [1.165, 1.54) is 38.5 Å². The van der Waals surface area contributed by atoms with Gasteiger partial charge >= 0.3 is 0 Å². The Morgan fingerprint density at radius 2 is 1.71 bits per heavy atom. The first-order chi connectivity index (χ1) is 11.5. The lowest BCUT2D eigenvalue weighted by atomic mass is 9.51. The van der Waals surface area contributed by atoms with Gasteiger partial charge in [0.15, 0.2) is 0 Å². The van der Waals surface area contributed by atoms with Crippen molar-refractivity contribution < 1.29 is 4.79 Å². The Balaban J connectivity index is 1.45. The fourth-order valence-corrected chi connectivity index (χ4v) is 6.24. The SMILES string of the molecule is CC(C)[C@@H]1SC(CC23CCC(c4ccccc4)(CC2)CC3)=NC1=O. The molecular weight excluding hydrogens is 314 g/mol. The molecule has 0 N–H and O–H groups in total. The first-order valence-corrected chi connectivity index (χ1v) is 10.2. The molecule has 0 aromatic heterocycles. The van der Waals surface area contributed by atoms with Crippen molar-refractivity contribution >= 4 is 22.7 Å². The van der Waals surface area contributed by atoms with Crippen LogP contribution in [0.4, 0.5) is 0 Å². The van der Waals surface area contributed by atoms with Crippen molar-refractivity contribution in [3.8, 4) is 0 Å². The highest BCUT2D eigenvalue weighted by molar-refractivity contribution is 8.15. The highest BCUT2D eigenvalue weighted by atomic mass is 32.2. The molecule has 0 saturated heterocycles. The summed E-state index contributed by atoms with van der Waals surface area (Å²) in [6.45, 7) is 4.25. The third kappa shape index (κ3) is 2.75. The van der Waals surface area contributed by atoms with Gasteiger partial charge in [0.05, 0.1) is 10.3 Å². The number of aliphatic imine (C=N–C) groups is 1. The van der Waals surface area contributed by atoms with Gasteiger partial charge in [-0.2, -0.15) is 0 Å². The minimum atomic E-state index is 0.0620. The van der Waals surface area contributed by atoms with E-state index in [9.17, 15) is 4.79 Å². The molecule has 1 aliphatic heterocycles. The van der Waals surface area contributed by atoms with E-state index in [1.54, 1.807) is 17.3 Å². The molecule has 2 nitrogen and oxygen atoms in total. The second kappa shape index (κ2) is 6.01. The predicted molar refractivity (Wildman–Crippen MR) is 102 cm³/mol. The molecule has 1 amide bonds. The van der Waals surface area contributed by atoms with Gasteiger partial charge in [0.1, 0.15) is 0 Å². The van der Waals surface area contributed by atoms with Crippen LogP contribution in [0.15, 0.2) is 35.3 Å². The molecule has 1 atom stereocenters. The number of benzene rings is 1. The Labute approximate surface area is 149 Å². The van der Waals surface area contributed by atoms with Crippen LogP contribution in [0, 0.1) is 11.3 Å². The average Bonchev–Trinajstić information content (AvgIpc) is 2.97. The van der Waals surface area contributed by atoms with Gasteiger partial charge in [-0.15, -0.1) is 0 Å². The molecule has 0 spiro atoms. The van der Waals surface area contributed by atoms with E-state index < -0.39 is 0 Å². The van der Waals surface area contributed by atoms with Crippen LogP contribution < -0.4 is 0 Å². The molecule has 1 aromatic rings. The lowest BCUT2D eigenvalue weighted by Gasteiger charge is -2.54. The van der Waals surface area contributed by atoms with Crippen molar-refractivity contribution in [2.24, 2.45) is 16.3 Å². The molecule has 1 aromatic carbocycles. The normalized spacial score (nSPS) is 35.5. The van der Waals surface area contributed by atoms with Crippen molar-refractivity contribution in [2.45, 2.75) is 69.5 Å². The summed E-state index contributed by atoms with van der Waals surface area (Å²) in [5.41, 5.74) is 2.37. The van der Waals surface area contributed by atoms with Crippen LogP contribution in [0.3, 0.4) is 0 Å². The molecule has 3 heteroatoms. The largest absolute Gasteiger partial charge is 0.271 e. The summed E-state index contributed by atoms with van der Waals surface area (Å²) < 4.78 is 0. The molecule has 4 aliphatic rings. The molecule has 5 rings (SSSR count). The number of thioether (sulfide) groups is 1. The zero-order valence-corrected chi connectivity index (χ0v) is 15.6. The molecule has 128 valence electrons. The third-order valence-corrected chi connectivity index (χ3v) is 8.17. The standard InChI is InChI=1S/C21H27NOS/c1-15(2)18-19(23)22-17(24-18)14-20-8-11-21(12-9-20,13-10-20)16-6-4-3-5-7-16/h3-7,15,18H,8-14H2,1-2H3/t18-,20?,21?/m0/s1. The van der Waals surface area contributed by atoms with Gasteiger partial charge in [0, 0.05) is 6.42 Å². The van der Waals surface area contributed by atoms with E-state index in [1.807, 2.05) is 0 Å². The Morgan fingerprint density at radius 3 is 2.25 bits per heavy atom. The summed E-state index contributed by atoms with van der Waals surface area (Å²) in [7, 11) is 0. The van der Waals surface area contributed by atoms with E-state index in [0.717, 1.165) is 11.5 Å². The van der Waals surface area contributed by atoms with Crippen molar-refractivity contribution in [1.29, 1.82) is 0 Å². The maximum absolute atomic E-state index is 12.1. The zero-order valence-electron chi connectivity index (χ0n) is 14.8. The van der Waals surface area contributed by atoms with Gasteiger partial charge in [-0.05, 0) is 60.8 Å². The van der Waals surface area contributed by atoms with Crippen molar-refractivity contribution in [3.63, 3.8) is 0 Å². The number of hydrogen-bond donors (Lipinski definition) is 0. The maximum Gasteiger partial charge on any atom is 0.260 e. The number of hydrogen-bond acceptors (Lipinski definition) is 2. The molecular formula is C21H27NOS. The van der Waals surface area contributed by atoms with E-state index in [-0.39, 0.29) is 11.2 Å². The van der Waals surface area contributed by atoms with E-state index in [4.69, 9.17) is 0 Å². The fraction of sp³-hybridized carbons (Fsp3) is 0.619. The first-order valence-electron chi connectivity index (χ1n) is 9.36. The van der Waals surface area contributed by atoms with Crippen LogP contribution >= 0.6 is 11.8 Å². The molecule has 0 unspecified atom stereocenters. The summed E-state index contributed by atoms with van der Waals surface area (Å²) in [6.07, 6.45) is 8.83. The summed E-state index contributed by atoms with van der Waals surface area (Å²) in [6, 6.07) is 11.1. The first kappa shape index (κ1) is 16.4. The zero-order chi connectivity index (χ0) is 16.8. The quantitative estimate of drug-likeness (QED) is 0.737. The average molecular weight is 342 g/mol. The van der Waals surface area contributed by atoms with Gasteiger partial charge in [0.25, 0.3) is 5.91 Å². The van der Waals surface area contributed by atoms with Crippen LogP contribution in [0.1, 0.15) is 64.4 Å². The number of carbonyl (C=O) groups is 1. The van der Waals surface area contributed by atoms with Gasteiger partial charge < -0.3 is 0 Å². The lowest BCUT2D eigenvalue weighted by molar-refractivity contribution is -0.117. The smallest absolute Gasteiger partial charge is 0.260 e. The molecule has 24 heavy (non-hydrogen) atoms.